The molecule has 0 fully saturated rings. The summed E-state index contributed by atoms with van der Waals surface area (Å²) in [4.78, 5) is 34.8. The molecule has 11 heteroatoms. The van der Waals surface area contributed by atoms with E-state index in [0.717, 1.165) is 6.07 Å². The molecule has 0 saturated heterocycles. The maximum atomic E-state index is 15.2. The smallest absolute Gasteiger partial charge is 0.258 e. The Morgan fingerprint density at radius 1 is 1.27 bits per heavy atom. The van der Waals surface area contributed by atoms with Crippen LogP contribution in [0.1, 0.15) is 42.3 Å². The van der Waals surface area contributed by atoms with Crippen LogP contribution in [0.3, 0.4) is 0 Å². The molecule has 0 aliphatic carbocycles. The predicted octanol–water partition coefficient (Wildman–Crippen LogP) is 4.65. The molecule has 3 aromatic rings. The van der Waals surface area contributed by atoms with Gasteiger partial charge in [0, 0.05) is 28.8 Å². The zero-order valence-electron chi connectivity index (χ0n) is 22.8. The lowest BCUT2D eigenvalue weighted by Gasteiger charge is -2.20. The van der Waals surface area contributed by atoms with Crippen LogP contribution in [0.15, 0.2) is 43.2 Å². The van der Waals surface area contributed by atoms with E-state index in [4.69, 9.17) is 15.2 Å². The monoisotopic (exact) mass is 551 g/mol. The Balaban J connectivity index is 1.63. The highest BCUT2D eigenvalue weighted by atomic mass is 19.1. The Kier molecular flexibility index (Phi) is 8.03. The number of ether oxygens (including phenoxy) is 2. The molecule has 2 amide bonds. The third-order valence-corrected chi connectivity index (χ3v) is 6.83. The fraction of sp³-hybridized carbons (Fsp3) is 0.310. The highest BCUT2D eigenvalue weighted by molar-refractivity contribution is 6.05. The molecule has 0 spiro atoms. The number of nitrogens with one attached hydrogen (secondary N) is 1. The summed E-state index contributed by atoms with van der Waals surface area (Å²) in [6.45, 7) is 11.9. The van der Waals surface area contributed by atoms with E-state index in [-0.39, 0.29) is 64.3 Å². The fourth-order valence-electron chi connectivity index (χ4n) is 4.51. The molecule has 0 bridgehead atoms. The molecule has 0 atom stereocenters. The van der Waals surface area contributed by atoms with Crippen molar-refractivity contribution in [1.82, 2.24) is 14.9 Å². The molecule has 210 valence electrons. The summed E-state index contributed by atoms with van der Waals surface area (Å²) in [7, 11) is 0. The van der Waals surface area contributed by atoms with Crippen molar-refractivity contribution in [3.63, 3.8) is 0 Å². The highest BCUT2D eigenvalue weighted by Gasteiger charge is 2.35. The number of aromatic nitrogens is 2. The van der Waals surface area contributed by atoms with Gasteiger partial charge in [0.15, 0.2) is 23.1 Å². The molecule has 4 rings (SSSR count). The van der Waals surface area contributed by atoms with Gasteiger partial charge in [-0.1, -0.05) is 26.5 Å². The molecule has 0 saturated carbocycles. The van der Waals surface area contributed by atoms with Crippen molar-refractivity contribution in [3.05, 3.63) is 71.6 Å². The molecule has 0 radical (unpaired) electrons. The van der Waals surface area contributed by atoms with Gasteiger partial charge in [-0.15, -0.1) is 0 Å². The number of carbonyl (C=O) groups is 2. The van der Waals surface area contributed by atoms with Gasteiger partial charge in [0.25, 0.3) is 5.91 Å². The quantitative estimate of drug-likeness (QED) is 0.372. The Morgan fingerprint density at radius 3 is 2.73 bits per heavy atom. The maximum Gasteiger partial charge on any atom is 0.258 e. The molecular formula is C29H31F2N5O4. The van der Waals surface area contributed by atoms with Gasteiger partial charge in [-0.05, 0) is 43.7 Å². The second-order valence-electron chi connectivity index (χ2n) is 9.96. The Hall–Kier alpha value is -4.54. The van der Waals surface area contributed by atoms with Gasteiger partial charge in [-0.2, -0.15) is 0 Å². The second-order valence-corrected chi connectivity index (χ2v) is 9.96. The van der Waals surface area contributed by atoms with Crippen LogP contribution in [0, 0.1) is 18.6 Å². The van der Waals surface area contributed by atoms with Crippen LogP contribution in [0.2, 0.25) is 0 Å². The molecule has 2 heterocycles. The first kappa shape index (κ1) is 28.5. The minimum atomic E-state index is -0.773. The van der Waals surface area contributed by atoms with Gasteiger partial charge in [-0.25, -0.2) is 18.7 Å². The van der Waals surface area contributed by atoms with Crippen LogP contribution in [0.5, 0.6) is 11.5 Å². The zero-order chi connectivity index (χ0) is 29.2. The van der Waals surface area contributed by atoms with Crippen LogP contribution in [0.25, 0.3) is 11.3 Å². The van der Waals surface area contributed by atoms with E-state index in [1.807, 2.05) is 20.8 Å². The predicted molar refractivity (Wildman–Crippen MR) is 147 cm³/mol. The number of halogens is 2. The van der Waals surface area contributed by atoms with Gasteiger partial charge in [0.05, 0.1) is 18.7 Å². The van der Waals surface area contributed by atoms with Crippen molar-refractivity contribution >= 4 is 23.3 Å². The van der Waals surface area contributed by atoms with Gasteiger partial charge in [0.1, 0.15) is 24.4 Å². The lowest BCUT2D eigenvalue weighted by molar-refractivity contribution is -0.126. The largest absolute Gasteiger partial charge is 0.489 e. The minimum absolute atomic E-state index is 0.0143. The van der Waals surface area contributed by atoms with Crippen LogP contribution in [0.4, 0.5) is 20.3 Å². The van der Waals surface area contributed by atoms with Gasteiger partial charge in [0.2, 0.25) is 5.91 Å². The summed E-state index contributed by atoms with van der Waals surface area (Å²) < 4.78 is 41.4. The molecule has 1 aliphatic heterocycles. The summed E-state index contributed by atoms with van der Waals surface area (Å²) in [5.74, 6) is -2.31. The summed E-state index contributed by atoms with van der Waals surface area (Å²) in [6, 6.07) is 5.42. The standard InChI is InChI=1S/C29H31F2N5O4/c1-6-22(37)36(7-2)10-11-39-26-24(33-15-34-27(26)32)19-12-17(30)13-21(16(19)3)35-28(38)18-8-9-20-25(23(18)31)40-14-29(20,4)5/h6,8-9,12-13,15H,1,7,10-11,14H2,2-5H3,(H,35,38)(H2,32,33,34). The SMILES string of the molecule is C=CC(=O)N(CC)CCOc1c(N)ncnc1-c1cc(F)cc(NC(=O)c2ccc3c(c2F)OCC3(C)C)c1C. The molecule has 3 N–H and O–H groups in total. The van der Waals surface area contributed by atoms with E-state index >= 15 is 4.39 Å². The van der Waals surface area contributed by atoms with Crippen molar-refractivity contribution in [3.8, 4) is 22.8 Å². The molecule has 2 aromatic carbocycles. The first-order valence-corrected chi connectivity index (χ1v) is 12.7. The third-order valence-electron chi connectivity index (χ3n) is 6.83. The minimum Gasteiger partial charge on any atom is -0.489 e. The Labute approximate surface area is 231 Å². The lowest BCUT2D eigenvalue weighted by Crippen LogP contribution is -2.33. The van der Waals surface area contributed by atoms with Crippen LogP contribution < -0.4 is 20.5 Å². The summed E-state index contributed by atoms with van der Waals surface area (Å²) in [6.07, 6.45) is 2.42. The molecule has 1 aromatic heterocycles. The van der Waals surface area contributed by atoms with E-state index < -0.39 is 17.5 Å². The summed E-state index contributed by atoms with van der Waals surface area (Å²) >= 11 is 0. The topological polar surface area (TPSA) is 120 Å². The number of benzene rings is 2. The second kappa shape index (κ2) is 11.3. The molecule has 40 heavy (non-hydrogen) atoms. The number of hydrogen-bond acceptors (Lipinski definition) is 7. The van der Waals surface area contributed by atoms with E-state index in [2.05, 4.69) is 21.9 Å². The first-order valence-electron chi connectivity index (χ1n) is 12.7. The third kappa shape index (κ3) is 5.45. The number of carbonyl (C=O) groups excluding carboxylic acids is 2. The van der Waals surface area contributed by atoms with Crippen molar-refractivity contribution in [2.24, 2.45) is 0 Å². The van der Waals surface area contributed by atoms with E-state index in [9.17, 15) is 14.0 Å². The number of anilines is 2. The number of nitrogens with zero attached hydrogens (tertiary/aromatic N) is 3. The van der Waals surface area contributed by atoms with E-state index in [0.29, 0.717) is 24.3 Å². The van der Waals surface area contributed by atoms with Crippen molar-refractivity contribution in [1.29, 1.82) is 0 Å². The van der Waals surface area contributed by atoms with Gasteiger partial charge in [-0.3, -0.25) is 9.59 Å². The lowest BCUT2D eigenvalue weighted by atomic mass is 9.86. The van der Waals surface area contributed by atoms with E-state index in [1.54, 1.807) is 13.0 Å². The zero-order valence-corrected chi connectivity index (χ0v) is 22.8. The van der Waals surface area contributed by atoms with Gasteiger partial charge >= 0.3 is 0 Å². The number of nitrogens with two attached hydrogens (primary N) is 1. The van der Waals surface area contributed by atoms with Crippen LogP contribution >= 0.6 is 0 Å². The number of rotatable bonds is 9. The fourth-order valence-corrected chi connectivity index (χ4v) is 4.51. The maximum absolute atomic E-state index is 15.2. The van der Waals surface area contributed by atoms with Crippen LogP contribution in [-0.2, 0) is 10.2 Å². The summed E-state index contributed by atoms with van der Waals surface area (Å²) in [5.41, 5.74) is 7.16. The average molecular weight is 552 g/mol. The van der Waals surface area contributed by atoms with Crippen molar-refractivity contribution in [2.75, 3.05) is 37.4 Å². The van der Waals surface area contributed by atoms with Gasteiger partial charge < -0.3 is 25.4 Å². The normalized spacial score (nSPS) is 13.2. The molecule has 9 nitrogen and oxygen atoms in total. The summed E-state index contributed by atoms with van der Waals surface area (Å²) in [5, 5.41) is 2.61. The number of likely N-dealkylation sites (N-methyl/N-ethyl adjacent to an activating group) is 1. The highest BCUT2D eigenvalue weighted by Crippen LogP contribution is 2.41. The van der Waals surface area contributed by atoms with E-state index in [1.165, 1.54) is 29.4 Å². The number of fused-ring (bicyclic) bond motifs is 1. The number of nitrogen functional groups attached to an aromatic ring is 1. The van der Waals surface area contributed by atoms with Crippen molar-refractivity contribution < 1.29 is 27.8 Å². The van der Waals surface area contributed by atoms with Crippen LogP contribution in [-0.4, -0.2) is 53.0 Å². The Bertz CT molecular complexity index is 1490. The molecular weight excluding hydrogens is 520 g/mol. The Morgan fingerprint density at radius 2 is 2.02 bits per heavy atom. The number of amides is 2. The molecule has 0 unspecified atom stereocenters. The first-order chi connectivity index (χ1) is 19.0. The van der Waals surface area contributed by atoms with Crippen molar-refractivity contribution in [2.45, 2.75) is 33.1 Å². The average Bonchev–Trinajstić information content (AvgIpc) is 3.23. The number of hydrogen-bond donors (Lipinski definition) is 2. The molecule has 1 aliphatic rings.